The lowest BCUT2D eigenvalue weighted by Gasteiger charge is -2.12. The number of nitrogens with zero attached hydrogens (tertiary/aromatic N) is 2. The summed E-state index contributed by atoms with van der Waals surface area (Å²) in [6.07, 6.45) is 1.50. The van der Waals surface area contributed by atoms with Gasteiger partial charge in [0.2, 0.25) is 6.79 Å². The van der Waals surface area contributed by atoms with Gasteiger partial charge in [-0.25, -0.2) is 4.98 Å². The van der Waals surface area contributed by atoms with E-state index in [-0.39, 0.29) is 18.2 Å². The first-order valence-corrected chi connectivity index (χ1v) is 10.2. The van der Waals surface area contributed by atoms with Crippen LogP contribution in [0.4, 0.5) is 0 Å². The second-order valence-corrected chi connectivity index (χ2v) is 7.50. The van der Waals surface area contributed by atoms with Crippen LogP contribution < -0.4 is 14.8 Å². The Balaban J connectivity index is 1.61. The predicted octanol–water partition coefficient (Wildman–Crippen LogP) is 3.00. The SMILES string of the molecule is O=C(O)CNC(=O)c1ncc2c(cc(-c3ccccc3)n2Cc2ccc3c(c2)OCO3)c1O. The number of carboxylic acids is 1. The molecule has 1 amide bonds. The zero-order valence-electron chi connectivity index (χ0n) is 17.3. The van der Waals surface area contributed by atoms with Gasteiger partial charge in [0.05, 0.1) is 11.7 Å². The van der Waals surface area contributed by atoms with Gasteiger partial charge in [-0.05, 0) is 29.3 Å². The molecule has 9 nitrogen and oxygen atoms in total. The Morgan fingerprint density at radius 1 is 1.06 bits per heavy atom. The minimum Gasteiger partial charge on any atom is -0.505 e. The molecule has 2 aromatic carbocycles. The van der Waals surface area contributed by atoms with Gasteiger partial charge in [-0.15, -0.1) is 0 Å². The molecule has 3 heterocycles. The van der Waals surface area contributed by atoms with E-state index in [4.69, 9.17) is 14.6 Å². The number of aliphatic carboxylic acids is 1. The summed E-state index contributed by atoms with van der Waals surface area (Å²) in [5.41, 5.74) is 3.09. The Bertz CT molecular complexity index is 1380. The van der Waals surface area contributed by atoms with Crippen LogP contribution in [0.5, 0.6) is 17.2 Å². The molecule has 0 unspecified atom stereocenters. The van der Waals surface area contributed by atoms with Crippen molar-refractivity contribution in [2.24, 2.45) is 0 Å². The first kappa shape index (κ1) is 20.4. The number of aromatic hydroxyl groups is 1. The highest BCUT2D eigenvalue weighted by Gasteiger charge is 2.21. The molecule has 0 fully saturated rings. The third kappa shape index (κ3) is 3.80. The number of carbonyl (C=O) groups is 2. The molecular weight excluding hydrogens is 426 g/mol. The lowest BCUT2D eigenvalue weighted by molar-refractivity contribution is -0.135. The summed E-state index contributed by atoms with van der Waals surface area (Å²) >= 11 is 0. The van der Waals surface area contributed by atoms with Crippen LogP contribution >= 0.6 is 0 Å². The zero-order valence-corrected chi connectivity index (χ0v) is 17.3. The number of pyridine rings is 1. The summed E-state index contributed by atoms with van der Waals surface area (Å²) in [6, 6.07) is 17.2. The topological polar surface area (TPSA) is 123 Å². The molecule has 9 heteroatoms. The van der Waals surface area contributed by atoms with E-state index >= 15 is 0 Å². The van der Waals surface area contributed by atoms with Gasteiger partial charge in [0.15, 0.2) is 22.9 Å². The molecule has 2 aromatic heterocycles. The summed E-state index contributed by atoms with van der Waals surface area (Å²) in [5, 5.41) is 22.3. The van der Waals surface area contributed by atoms with E-state index in [9.17, 15) is 14.7 Å². The minimum absolute atomic E-state index is 0.186. The highest BCUT2D eigenvalue weighted by molar-refractivity contribution is 6.03. The van der Waals surface area contributed by atoms with Gasteiger partial charge in [-0.1, -0.05) is 36.4 Å². The highest BCUT2D eigenvalue weighted by atomic mass is 16.7. The van der Waals surface area contributed by atoms with Crippen molar-refractivity contribution in [1.29, 1.82) is 0 Å². The normalized spacial score (nSPS) is 12.1. The Labute approximate surface area is 187 Å². The van der Waals surface area contributed by atoms with Crippen LogP contribution in [0.3, 0.4) is 0 Å². The van der Waals surface area contributed by atoms with Crippen LogP contribution in [0, 0.1) is 0 Å². The Hall–Kier alpha value is -4.53. The smallest absolute Gasteiger partial charge is 0.322 e. The minimum atomic E-state index is -1.19. The summed E-state index contributed by atoms with van der Waals surface area (Å²) < 4.78 is 12.9. The first-order chi connectivity index (χ1) is 16.0. The number of hydrogen-bond acceptors (Lipinski definition) is 6. The maximum atomic E-state index is 12.3. The van der Waals surface area contributed by atoms with Gasteiger partial charge in [0, 0.05) is 17.6 Å². The number of ether oxygens (including phenoxy) is 2. The molecule has 1 aliphatic rings. The van der Waals surface area contributed by atoms with Gasteiger partial charge >= 0.3 is 5.97 Å². The van der Waals surface area contributed by atoms with Gasteiger partial charge in [-0.3, -0.25) is 9.59 Å². The van der Waals surface area contributed by atoms with Gasteiger partial charge in [0.1, 0.15) is 6.54 Å². The van der Waals surface area contributed by atoms with E-state index in [2.05, 4.69) is 10.3 Å². The van der Waals surface area contributed by atoms with E-state index in [1.165, 1.54) is 6.20 Å². The number of nitrogens with one attached hydrogen (secondary N) is 1. The van der Waals surface area contributed by atoms with Gasteiger partial charge < -0.3 is 29.6 Å². The van der Waals surface area contributed by atoms with Crippen LogP contribution in [0.25, 0.3) is 22.2 Å². The molecule has 1 aliphatic heterocycles. The van der Waals surface area contributed by atoms with E-state index in [0.717, 1.165) is 16.8 Å². The lowest BCUT2D eigenvalue weighted by atomic mass is 10.1. The van der Waals surface area contributed by atoms with Crippen LogP contribution in [0.2, 0.25) is 0 Å². The summed E-state index contributed by atoms with van der Waals surface area (Å²) in [6.45, 7) is 0.0689. The van der Waals surface area contributed by atoms with Crippen molar-refractivity contribution < 1.29 is 29.3 Å². The number of rotatable bonds is 6. The largest absolute Gasteiger partial charge is 0.505 e. The maximum absolute atomic E-state index is 12.3. The molecule has 166 valence electrons. The lowest BCUT2D eigenvalue weighted by Crippen LogP contribution is -2.29. The molecule has 0 bridgehead atoms. The third-order valence-electron chi connectivity index (χ3n) is 5.40. The number of amides is 1. The van der Waals surface area contributed by atoms with Crippen molar-refractivity contribution in [2.45, 2.75) is 6.54 Å². The van der Waals surface area contributed by atoms with Crippen molar-refractivity contribution in [1.82, 2.24) is 14.9 Å². The first-order valence-electron chi connectivity index (χ1n) is 10.2. The zero-order chi connectivity index (χ0) is 22.9. The van der Waals surface area contributed by atoms with Crippen molar-refractivity contribution in [3.05, 3.63) is 72.1 Å². The summed E-state index contributed by atoms with van der Waals surface area (Å²) in [7, 11) is 0. The highest BCUT2D eigenvalue weighted by Crippen LogP contribution is 2.37. The van der Waals surface area contributed by atoms with Crippen LogP contribution in [0.1, 0.15) is 16.1 Å². The summed E-state index contributed by atoms with van der Waals surface area (Å²) in [4.78, 5) is 27.2. The van der Waals surface area contributed by atoms with E-state index in [0.29, 0.717) is 28.9 Å². The Morgan fingerprint density at radius 2 is 1.85 bits per heavy atom. The number of carboxylic acid groups (broad SMARTS) is 1. The summed E-state index contributed by atoms with van der Waals surface area (Å²) in [5.74, 6) is -0.900. The second kappa shape index (κ2) is 8.19. The van der Waals surface area contributed by atoms with Gasteiger partial charge in [0.25, 0.3) is 5.91 Å². The number of aromatic nitrogens is 2. The van der Waals surface area contributed by atoms with E-state index in [1.807, 2.05) is 53.1 Å². The molecule has 33 heavy (non-hydrogen) atoms. The third-order valence-corrected chi connectivity index (χ3v) is 5.40. The number of hydrogen-bond donors (Lipinski definition) is 3. The Morgan fingerprint density at radius 3 is 2.64 bits per heavy atom. The molecular formula is C24H19N3O6. The molecule has 3 N–H and O–H groups in total. The standard InChI is InChI=1S/C24H19N3O6/c28-21(29)11-26-24(31)22-23(30)16-9-17(15-4-2-1-3-5-15)27(18(16)10-25-22)12-14-6-7-19-20(8-14)33-13-32-19/h1-10,30H,11-13H2,(H,26,31)(H,28,29). The fourth-order valence-corrected chi connectivity index (χ4v) is 3.85. The van der Waals surface area contributed by atoms with Crippen LogP contribution in [0.15, 0.2) is 60.8 Å². The average molecular weight is 445 g/mol. The second-order valence-electron chi connectivity index (χ2n) is 7.50. The van der Waals surface area contributed by atoms with E-state index in [1.54, 1.807) is 6.07 Å². The maximum Gasteiger partial charge on any atom is 0.322 e. The molecule has 0 atom stereocenters. The molecule has 0 saturated carbocycles. The molecule has 0 spiro atoms. The quantitative estimate of drug-likeness (QED) is 0.417. The molecule has 0 aliphatic carbocycles. The van der Waals surface area contributed by atoms with Crippen molar-refractivity contribution in [2.75, 3.05) is 13.3 Å². The number of carbonyl (C=O) groups excluding carboxylic acids is 1. The molecule has 0 radical (unpaired) electrons. The van der Waals surface area contributed by atoms with Gasteiger partial charge in [-0.2, -0.15) is 0 Å². The number of benzene rings is 2. The average Bonchev–Trinajstić information content (AvgIpc) is 3.43. The Kier molecular flexibility index (Phi) is 5.06. The molecule has 4 aromatic rings. The molecule has 5 rings (SSSR count). The van der Waals surface area contributed by atoms with Crippen LogP contribution in [-0.2, 0) is 11.3 Å². The molecule has 0 saturated heterocycles. The fourth-order valence-electron chi connectivity index (χ4n) is 3.85. The van der Waals surface area contributed by atoms with Crippen LogP contribution in [-0.4, -0.2) is 45.0 Å². The van der Waals surface area contributed by atoms with Crippen molar-refractivity contribution in [3.8, 4) is 28.5 Å². The van der Waals surface area contributed by atoms with Crippen molar-refractivity contribution >= 4 is 22.8 Å². The fraction of sp³-hybridized carbons (Fsp3) is 0.125. The van der Waals surface area contributed by atoms with E-state index < -0.39 is 18.4 Å². The predicted molar refractivity (Wildman–Crippen MR) is 118 cm³/mol. The monoisotopic (exact) mass is 445 g/mol. The number of fused-ring (bicyclic) bond motifs is 2. The van der Waals surface area contributed by atoms with Crippen molar-refractivity contribution in [3.63, 3.8) is 0 Å².